The highest BCUT2D eigenvalue weighted by Gasteiger charge is 2.26. The lowest BCUT2D eigenvalue weighted by atomic mass is 10.0. The average Bonchev–Trinajstić information content (AvgIpc) is 3.30. The van der Waals surface area contributed by atoms with Crippen LogP contribution in [0.5, 0.6) is 0 Å². The van der Waals surface area contributed by atoms with Crippen molar-refractivity contribution in [2.45, 2.75) is 38.4 Å². The van der Waals surface area contributed by atoms with Gasteiger partial charge in [0.25, 0.3) is 0 Å². The highest BCUT2D eigenvalue weighted by Crippen LogP contribution is 2.34. The first-order valence-corrected chi connectivity index (χ1v) is 12.7. The Balaban J connectivity index is 1.44. The second kappa shape index (κ2) is 10.6. The van der Waals surface area contributed by atoms with Gasteiger partial charge >= 0.3 is 0 Å². The van der Waals surface area contributed by atoms with Gasteiger partial charge in [0.2, 0.25) is 0 Å². The predicted octanol–water partition coefficient (Wildman–Crippen LogP) is 3.83. The molecule has 8 heteroatoms. The number of aliphatic hydroxyl groups excluding tert-OH is 1. The van der Waals surface area contributed by atoms with Gasteiger partial charge in [-0.15, -0.1) is 5.10 Å². The van der Waals surface area contributed by atoms with Gasteiger partial charge in [-0.1, -0.05) is 12.1 Å². The lowest BCUT2D eigenvalue weighted by Gasteiger charge is -2.35. The molecule has 1 fully saturated rings. The number of benzene rings is 2. The van der Waals surface area contributed by atoms with E-state index < -0.39 is 0 Å². The van der Waals surface area contributed by atoms with Crippen LogP contribution < -0.4 is 15.1 Å². The van der Waals surface area contributed by atoms with Gasteiger partial charge in [-0.3, -0.25) is 0 Å². The highest BCUT2D eigenvalue weighted by molar-refractivity contribution is 6.10. The van der Waals surface area contributed by atoms with Crippen molar-refractivity contribution >= 4 is 23.9 Å². The van der Waals surface area contributed by atoms with E-state index in [0.29, 0.717) is 18.2 Å². The lowest BCUT2D eigenvalue weighted by molar-refractivity contribution is 0.233. The molecule has 0 radical (unpaired) electrons. The second-order valence-electron chi connectivity index (χ2n) is 9.88. The zero-order valence-corrected chi connectivity index (χ0v) is 21.4. The molecule has 0 saturated carbocycles. The van der Waals surface area contributed by atoms with Gasteiger partial charge in [-0.2, -0.15) is 10.4 Å². The van der Waals surface area contributed by atoms with Crippen molar-refractivity contribution in [1.82, 2.24) is 9.88 Å². The van der Waals surface area contributed by atoms with E-state index in [4.69, 9.17) is 5.26 Å². The minimum atomic E-state index is 0.130. The normalized spacial score (nSPS) is 17.6. The molecular weight excluding hydrogens is 462 g/mol. The molecule has 8 nitrogen and oxygen atoms in total. The van der Waals surface area contributed by atoms with Gasteiger partial charge in [-0.05, 0) is 67.3 Å². The summed E-state index contributed by atoms with van der Waals surface area (Å²) in [6.07, 6.45) is 4.25. The summed E-state index contributed by atoms with van der Waals surface area (Å²) in [5.41, 5.74) is 7.27. The lowest BCUT2D eigenvalue weighted by Crippen LogP contribution is -2.46. The molecule has 0 amide bonds. The Hall–Kier alpha value is -3.93. The Morgan fingerprint density at radius 3 is 2.57 bits per heavy atom. The third kappa shape index (κ3) is 5.01. The number of nitrogens with zero attached hydrogens (tertiary/aromatic N) is 6. The van der Waals surface area contributed by atoms with Crippen molar-refractivity contribution in [2.75, 3.05) is 36.5 Å². The zero-order valence-electron chi connectivity index (χ0n) is 21.4. The quantitative estimate of drug-likeness (QED) is 0.401. The zero-order chi connectivity index (χ0) is 25.9. The number of aliphatic hydroxyl groups is 1. The summed E-state index contributed by atoms with van der Waals surface area (Å²) in [6.45, 7) is 8.47. The van der Waals surface area contributed by atoms with E-state index in [1.165, 1.54) is 11.3 Å². The van der Waals surface area contributed by atoms with Crippen molar-refractivity contribution < 1.29 is 5.11 Å². The molecule has 0 unspecified atom stereocenters. The molecule has 190 valence electrons. The summed E-state index contributed by atoms with van der Waals surface area (Å²) in [7, 11) is 2.02. The molecule has 37 heavy (non-hydrogen) atoms. The van der Waals surface area contributed by atoms with E-state index in [9.17, 15) is 5.11 Å². The number of hydrogen-bond acceptors (Lipinski definition) is 6. The number of nitrogens with one attached hydrogen (secondary N) is 1. The van der Waals surface area contributed by atoms with Gasteiger partial charge in [-0.25, -0.2) is 0 Å². The standard InChI is InChI=1S/C29H33N7O/c1-20(19-37)32-25-10-12-35(13-11-25)26-8-9-27-24(14-26)18-36-17-23(22-6-4-21(16-30)5-7-22)15-28(36)29(33-31-2)34(27)3/h4-9,14-15,17,20,25,32,37H,2,10-13,18-19H2,1,3H3/b33-29-/t20-/m0/s1. The fourth-order valence-corrected chi connectivity index (χ4v) is 5.36. The van der Waals surface area contributed by atoms with Crippen LogP contribution in [0.4, 0.5) is 11.4 Å². The number of rotatable bonds is 6. The number of aromatic nitrogens is 1. The maximum absolute atomic E-state index is 9.35. The third-order valence-corrected chi connectivity index (χ3v) is 7.38. The van der Waals surface area contributed by atoms with Crippen LogP contribution in [0.1, 0.15) is 36.6 Å². The first-order valence-electron chi connectivity index (χ1n) is 12.7. The van der Waals surface area contributed by atoms with E-state index in [1.807, 2.05) is 38.2 Å². The molecule has 2 N–H and O–H groups in total. The number of fused-ring (bicyclic) bond motifs is 2. The number of anilines is 2. The van der Waals surface area contributed by atoms with Gasteiger partial charge in [0, 0.05) is 68.6 Å². The molecular formula is C29H33N7O. The van der Waals surface area contributed by atoms with Crippen LogP contribution in [-0.4, -0.2) is 61.1 Å². The molecule has 0 aliphatic carbocycles. The van der Waals surface area contributed by atoms with Crippen LogP contribution in [0.25, 0.3) is 11.1 Å². The monoisotopic (exact) mass is 495 g/mol. The van der Waals surface area contributed by atoms with Crippen molar-refractivity contribution in [1.29, 1.82) is 5.26 Å². The van der Waals surface area contributed by atoms with Crippen molar-refractivity contribution in [3.8, 4) is 17.2 Å². The fourth-order valence-electron chi connectivity index (χ4n) is 5.36. The Bertz CT molecular complexity index is 1340. The molecule has 5 rings (SSSR count). The number of piperidine rings is 1. The third-order valence-electron chi connectivity index (χ3n) is 7.38. The van der Waals surface area contributed by atoms with Crippen LogP contribution in [0.15, 0.2) is 64.9 Å². The molecule has 2 aromatic carbocycles. The summed E-state index contributed by atoms with van der Waals surface area (Å²) in [6, 6.07) is 19.2. The average molecular weight is 496 g/mol. The summed E-state index contributed by atoms with van der Waals surface area (Å²) < 4.78 is 2.22. The van der Waals surface area contributed by atoms with Crippen molar-refractivity contribution in [3.05, 3.63) is 71.5 Å². The van der Waals surface area contributed by atoms with Gasteiger partial charge in [0.05, 0.1) is 23.9 Å². The molecule has 0 bridgehead atoms. The fraction of sp³-hybridized carbons (Fsp3) is 0.345. The maximum atomic E-state index is 9.35. The number of amidine groups is 1. The Morgan fingerprint density at radius 2 is 1.89 bits per heavy atom. The van der Waals surface area contributed by atoms with E-state index in [1.54, 1.807) is 0 Å². The van der Waals surface area contributed by atoms with Crippen LogP contribution in [0.3, 0.4) is 0 Å². The molecule has 2 aliphatic rings. The van der Waals surface area contributed by atoms with E-state index in [-0.39, 0.29) is 12.6 Å². The highest BCUT2D eigenvalue weighted by atomic mass is 16.3. The molecule has 1 aromatic heterocycles. The predicted molar refractivity (Wildman–Crippen MR) is 150 cm³/mol. The molecule has 0 spiro atoms. The van der Waals surface area contributed by atoms with E-state index in [2.05, 4.69) is 73.1 Å². The molecule has 3 heterocycles. The summed E-state index contributed by atoms with van der Waals surface area (Å²) >= 11 is 0. The van der Waals surface area contributed by atoms with E-state index >= 15 is 0 Å². The van der Waals surface area contributed by atoms with Gasteiger partial charge < -0.3 is 24.8 Å². The minimum Gasteiger partial charge on any atom is -0.395 e. The number of nitriles is 1. The Morgan fingerprint density at radius 1 is 1.14 bits per heavy atom. The molecule has 3 aromatic rings. The largest absolute Gasteiger partial charge is 0.395 e. The first kappa shape index (κ1) is 24.8. The minimum absolute atomic E-state index is 0.130. The molecule has 1 saturated heterocycles. The van der Waals surface area contributed by atoms with E-state index in [0.717, 1.165) is 54.3 Å². The molecule has 1 atom stereocenters. The SMILES string of the molecule is C=N/N=C1/c2cc(-c3ccc(C#N)cc3)cn2Cc2cc(N3CCC(N[C@@H](C)CO)CC3)ccc2N1C. The Kier molecular flexibility index (Phi) is 7.08. The van der Waals surface area contributed by atoms with Crippen LogP contribution in [-0.2, 0) is 6.54 Å². The molecule has 2 aliphatic heterocycles. The number of hydrogen-bond donors (Lipinski definition) is 2. The van der Waals surface area contributed by atoms with Crippen LogP contribution >= 0.6 is 0 Å². The van der Waals surface area contributed by atoms with Gasteiger partial charge in [0.1, 0.15) is 0 Å². The van der Waals surface area contributed by atoms with Crippen molar-refractivity contribution in [2.24, 2.45) is 10.2 Å². The van der Waals surface area contributed by atoms with Gasteiger partial charge in [0.15, 0.2) is 5.84 Å². The van der Waals surface area contributed by atoms with Crippen molar-refractivity contribution in [3.63, 3.8) is 0 Å². The van der Waals surface area contributed by atoms with Crippen LogP contribution in [0, 0.1) is 11.3 Å². The summed E-state index contributed by atoms with van der Waals surface area (Å²) in [5, 5.41) is 30.3. The summed E-state index contributed by atoms with van der Waals surface area (Å²) in [5.74, 6) is 0.742. The first-order chi connectivity index (χ1) is 18.0. The topological polar surface area (TPSA) is 92.2 Å². The Labute approximate surface area is 218 Å². The van der Waals surface area contributed by atoms with Crippen LogP contribution in [0.2, 0.25) is 0 Å². The smallest absolute Gasteiger partial charge is 0.179 e. The second-order valence-corrected chi connectivity index (χ2v) is 9.88. The maximum Gasteiger partial charge on any atom is 0.179 e. The summed E-state index contributed by atoms with van der Waals surface area (Å²) in [4.78, 5) is 4.54.